The third-order valence-corrected chi connectivity index (χ3v) is 3.52. The summed E-state index contributed by atoms with van der Waals surface area (Å²) in [6.45, 7) is 2.11. The number of hydrogen-bond acceptors (Lipinski definition) is 4. The van der Waals surface area contributed by atoms with Gasteiger partial charge < -0.3 is 15.4 Å². The molecule has 2 aromatic rings. The maximum Gasteiger partial charge on any atom is 0.315 e. The number of halogens is 1. The molecule has 0 saturated carbocycles. The van der Waals surface area contributed by atoms with Gasteiger partial charge in [-0.05, 0) is 13.0 Å². The highest BCUT2D eigenvalue weighted by molar-refractivity contribution is 6.31. The number of carbonyl (C=O) groups is 1. The van der Waals surface area contributed by atoms with Crippen molar-refractivity contribution in [2.75, 3.05) is 13.7 Å². The maximum atomic E-state index is 11.9. The molecule has 0 aliphatic carbocycles. The Labute approximate surface area is 133 Å². The second kappa shape index (κ2) is 7.77. The summed E-state index contributed by atoms with van der Waals surface area (Å²) in [5.74, 6) is 0.588. The molecule has 1 heterocycles. The second-order valence-corrected chi connectivity index (χ2v) is 5.10. The number of aromatic amines is 1. The van der Waals surface area contributed by atoms with E-state index in [1.54, 1.807) is 13.2 Å². The maximum absolute atomic E-state index is 11.9. The molecule has 0 bridgehead atoms. The monoisotopic (exact) mass is 323 g/mol. The molecule has 0 aliphatic heterocycles. The van der Waals surface area contributed by atoms with E-state index in [9.17, 15) is 4.79 Å². The first kappa shape index (κ1) is 16.3. The molecule has 2 atom stereocenters. The molecule has 0 spiro atoms. The van der Waals surface area contributed by atoms with Gasteiger partial charge in [-0.3, -0.25) is 5.10 Å². The van der Waals surface area contributed by atoms with Crippen molar-refractivity contribution in [3.05, 3.63) is 47.0 Å². The van der Waals surface area contributed by atoms with E-state index in [1.807, 2.05) is 25.1 Å². The van der Waals surface area contributed by atoms with Gasteiger partial charge in [0.2, 0.25) is 0 Å². The molecule has 0 fully saturated rings. The number of urea groups is 1. The van der Waals surface area contributed by atoms with E-state index >= 15 is 0 Å². The van der Waals surface area contributed by atoms with Gasteiger partial charge in [0.1, 0.15) is 18.3 Å². The van der Waals surface area contributed by atoms with Crippen molar-refractivity contribution in [2.24, 2.45) is 0 Å². The zero-order valence-corrected chi connectivity index (χ0v) is 13.1. The van der Waals surface area contributed by atoms with E-state index in [0.29, 0.717) is 17.4 Å². The average molecular weight is 324 g/mol. The Hall–Kier alpha value is -2.12. The highest BCUT2D eigenvalue weighted by Crippen LogP contribution is 2.24. The van der Waals surface area contributed by atoms with Crippen LogP contribution in [0.5, 0.6) is 0 Å². The number of aromatic nitrogens is 3. The molecule has 1 aromatic carbocycles. The molecular weight excluding hydrogens is 306 g/mol. The van der Waals surface area contributed by atoms with Crippen LogP contribution in [0.3, 0.4) is 0 Å². The van der Waals surface area contributed by atoms with Gasteiger partial charge in [-0.2, -0.15) is 5.10 Å². The molecular formula is C14H18ClN5O2. The van der Waals surface area contributed by atoms with Crippen molar-refractivity contribution < 1.29 is 9.53 Å². The molecule has 0 aliphatic rings. The summed E-state index contributed by atoms with van der Waals surface area (Å²) in [5, 5.41) is 12.6. The summed E-state index contributed by atoms with van der Waals surface area (Å²) in [7, 11) is 1.57. The van der Waals surface area contributed by atoms with Gasteiger partial charge in [0.05, 0.1) is 6.04 Å². The molecule has 2 rings (SSSR count). The summed E-state index contributed by atoms with van der Waals surface area (Å²) < 4.78 is 5.39. The Morgan fingerprint density at radius 1 is 1.45 bits per heavy atom. The third kappa shape index (κ3) is 4.19. The van der Waals surface area contributed by atoms with E-state index in [0.717, 1.165) is 5.56 Å². The van der Waals surface area contributed by atoms with Gasteiger partial charge >= 0.3 is 6.03 Å². The molecule has 7 nitrogen and oxygen atoms in total. The van der Waals surface area contributed by atoms with Gasteiger partial charge in [-0.25, -0.2) is 9.78 Å². The standard InChI is InChI=1S/C14H18ClN5O2/c1-9(13-17-8-18-20-13)19-14(21)16-7-12(22-2)10-5-3-4-6-11(10)15/h3-6,8-9,12H,7H2,1-2H3,(H2,16,19,21)(H,17,18,20). The Balaban J connectivity index is 1.88. The van der Waals surface area contributed by atoms with Crippen LogP contribution in [-0.4, -0.2) is 34.9 Å². The smallest absolute Gasteiger partial charge is 0.315 e. The number of amides is 2. The van der Waals surface area contributed by atoms with Crippen LogP contribution in [0.15, 0.2) is 30.6 Å². The van der Waals surface area contributed by atoms with Crippen LogP contribution in [0.1, 0.15) is 30.5 Å². The van der Waals surface area contributed by atoms with Crippen LogP contribution in [0.25, 0.3) is 0 Å². The highest BCUT2D eigenvalue weighted by atomic mass is 35.5. The van der Waals surface area contributed by atoms with E-state index in [-0.39, 0.29) is 18.2 Å². The van der Waals surface area contributed by atoms with Gasteiger partial charge in [0, 0.05) is 24.2 Å². The van der Waals surface area contributed by atoms with Crippen molar-refractivity contribution in [1.82, 2.24) is 25.8 Å². The SMILES string of the molecule is COC(CNC(=O)NC(C)c1ncn[nH]1)c1ccccc1Cl. The van der Waals surface area contributed by atoms with E-state index in [1.165, 1.54) is 6.33 Å². The lowest BCUT2D eigenvalue weighted by Gasteiger charge is -2.19. The summed E-state index contributed by atoms with van der Waals surface area (Å²) in [5.41, 5.74) is 0.829. The van der Waals surface area contributed by atoms with E-state index in [2.05, 4.69) is 25.8 Å². The summed E-state index contributed by atoms with van der Waals surface area (Å²) in [6, 6.07) is 6.78. The Morgan fingerprint density at radius 3 is 2.86 bits per heavy atom. The lowest BCUT2D eigenvalue weighted by molar-refractivity contribution is 0.104. The van der Waals surface area contributed by atoms with Crippen LogP contribution in [0.4, 0.5) is 4.79 Å². The topological polar surface area (TPSA) is 91.9 Å². The molecule has 0 saturated heterocycles. The van der Waals surface area contributed by atoms with Crippen LogP contribution in [-0.2, 0) is 4.74 Å². The quantitative estimate of drug-likeness (QED) is 0.760. The minimum absolute atomic E-state index is 0.274. The predicted octanol–water partition coefficient (Wildman–Crippen LogP) is 2.21. The molecule has 1 aromatic heterocycles. The number of carbonyl (C=O) groups excluding carboxylic acids is 1. The second-order valence-electron chi connectivity index (χ2n) is 4.69. The number of ether oxygens (including phenoxy) is 1. The van der Waals surface area contributed by atoms with Gasteiger partial charge in [-0.1, -0.05) is 29.8 Å². The van der Waals surface area contributed by atoms with Crippen molar-refractivity contribution >= 4 is 17.6 Å². The zero-order chi connectivity index (χ0) is 15.9. The van der Waals surface area contributed by atoms with E-state index in [4.69, 9.17) is 16.3 Å². The molecule has 118 valence electrons. The normalized spacial score (nSPS) is 13.4. The first-order chi connectivity index (χ1) is 10.6. The number of nitrogens with one attached hydrogen (secondary N) is 3. The van der Waals surface area contributed by atoms with Crippen molar-refractivity contribution in [3.8, 4) is 0 Å². The van der Waals surface area contributed by atoms with Crippen molar-refractivity contribution in [2.45, 2.75) is 19.1 Å². The Bertz CT molecular complexity index is 605. The summed E-state index contributed by atoms with van der Waals surface area (Å²) in [4.78, 5) is 15.9. The zero-order valence-electron chi connectivity index (χ0n) is 12.3. The molecule has 2 unspecified atom stereocenters. The first-order valence-electron chi connectivity index (χ1n) is 6.78. The molecule has 3 N–H and O–H groups in total. The lowest BCUT2D eigenvalue weighted by atomic mass is 10.1. The highest BCUT2D eigenvalue weighted by Gasteiger charge is 2.16. The minimum Gasteiger partial charge on any atom is -0.375 e. The summed E-state index contributed by atoms with van der Waals surface area (Å²) in [6.07, 6.45) is 1.07. The molecule has 2 amide bonds. The van der Waals surface area contributed by atoms with Gasteiger partial charge in [0.15, 0.2) is 0 Å². The van der Waals surface area contributed by atoms with Crippen LogP contribution >= 0.6 is 11.6 Å². The van der Waals surface area contributed by atoms with Crippen LogP contribution < -0.4 is 10.6 Å². The summed E-state index contributed by atoms with van der Waals surface area (Å²) >= 11 is 6.14. The molecule has 22 heavy (non-hydrogen) atoms. The minimum atomic E-state index is -0.321. The third-order valence-electron chi connectivity index (χ3n) is 3.18. The Kier molecular flexibility index (Phi) is 5.74. The predicted molar refractivity (Wildman–Crippen MR) is 82.5 cm³/mol. The number of hydrogen-bond donors (Lipinski definition) is 3. The fourth-order valence-corrected chi connectivity index (χ4v) is 2.24. The average Bonchev–Trinajstić information content (AvgIpc) is 3.04. The van der Waals surface area contributed by atoms with Gasteiger partial charge in [-0.15, -0.1) is 0 Å². The van der Waals surface area contributed by atoms with Crippen LogP contribution in [0.2, 0.25) is 5.02 Å². The number of nitrogens with zero attached hydrogens (tertiary/aromatic N) is 2. The number of rotatable bonds is 6. The largest absolute Gasteiger partial charge is 0.375 e. The number of methoxy groups -OCH3 is 1. The van der Waals surface area contributed by atoms with Crippen LogP contribution in [0, 0.1) is 0 Å². The lowest BCUT2D eigenvalue weighted by Crippen LogP contribution is -2.39. The fraction of sp³-hybridized carbons (Fsp3) is 0.357. The first-order valence-corrected chi connectivity index (χ1v) is 7.16. The van der Waals surface area contributed by atoms with Crippen molar-refractivity contribution in [1.29, 1.82) is 0 Å². The van der Waals surface area contributed by atoms with E-state index < -0.39 is 0 Å². The number of H-pyrrole nitrogens is 1. The fourth-order valence-electron chi connectivity index (χ4n) is 1.98. The van der Waals surface area contributed by atoms with Gasteiger partial charge in [0.25, 0.3) is 0 Å². The number of benzene rings is 1. The molecule has 8 heteroatoms. The molecule has 0 radical (unpaired) electrons. The van der Waals surface area contributed by atoms with Crippen molar-refractivity contribution in [3.63, 3.8) is 0 Å². The Morgan fingerprint density at radius 2 is 2.23 bits per heavy atom.